The number of fused-ring (bicyclic) bond motifs is 1. The number of halogens is 1. The summed E-state index contributed by atoms with van der Waals surface area (Å²) in [4.78, 5) is 42.3. The van der Waals surface area contributed by atoms with Gasteiger partial charge in [0.1, 0.15) is 11.6 Å². The van der Waals surface area contributed by atoms with Crippen LogP contribution in [0.25, 0.3) is 22.0 Å². The van der Waals surface area contributed by atoms with Crippen LogP contribution in [0, 0.1) is 11.7 Å². The molecular weight excluding hydrogens is 483 g/mol. The van der Waals surface area contributed by atoms with E-state index >= 15 is 0 Å². The molecule has 2 aromatic heterocycles. The number of aromatic nitrogens is 3. The second-order valence-corrected chi connectivity index (χ2v) is 9.83. The van der Waals surface area contributed by atoms with Gasteiger partial charge < -0.3 is 15.1 Å². The summed E-state index contributed by atoms with van der Waals surface area (Å²) in [5.74, 6) is 0.234. The molecule has 4 aromatic rings. The summed E-state index contributed by atoms with van der Waals surface area (Å²) < 4.78 is 13.5. The smallest absolute Gasteiger partial charge is 0.293 e. The summed E-state index contributed by atoms with van der Waals surface area (Å²) in [5.41, 5.74) is 2.67. The molecule has 1 saturated heterocycles. The van der Waals surface area contributed by atoms with Gasteiger partial charge in [-0.1, -0.05) is 26.0 Å². The molecule has 8 nitrogen and oxygen atoms in total. The molecule has 2 aromatic carbocycles. The number of anilines is 2. The fourth-order valence-corrected chi connectivity index (χ4v) is 4.67. The fraction of sp³-hybridized carbons (Fsp3) is 0.276. The average molecular weight is 513 g/mol. The molecule has 1 atom stereocenters. The molecule has 0 aliphatic carbocycles. The SMILES string of the molecule is CC(C)C(=O)N(C)C1CCN(c2ccc3cc(NC(=O)c4ncc(-c5cccc(F)c5)cn4)ccc3n2)C1. The minimum atomic E-state index is -0.442. The number of carbonyl (C=O) groups is 2. The van der Waals surface area contributed by atoms with E-state index in [1.165, 1.54) is 24.5 Å². The molecule has 3 heterocycles. The Bertz CT molecular complexity index is 1490. The lowest BCUT2D eigenvalue weighted by molar-refractivity contribution is -0.134. The minimum absolute atomic E-state index is 0.0169. The molecule has 1 aliphatic heterocycles. The molecule has 194 valence electrons. The highest BCUT2D eigenvalue weighted by Gasteiger charge is 2.30. The third-order valence-electron chi connectivity index (χ3n) is 6.82. The largest absolute Gasteiger partial charge is 0.354 e. The Kier molecular flexibility index (Phi) is 7.00. The summed E-state index contributed by atoms with van der Waals surface area (Å²) >= 11 is 0. The van der Waals surface area contributed by atoms with E-state index in [4.69, 9.17) is 4.98 Å². The number of hydrogen-bond acceptors (Lipinski definition) is 6. The van der Waals surface area contributed by atoms with E-state index in [2.05, 4.69) is 20.2 Å². The molecule has 1 N–H and O–H groups in total. The van der Waals surface area contributed by atoms with Gasteiger partial charge >= 0.3 is 0 Å². The molecule has 0 spiro atoms. The van der Waals surface area contributed by atoms with E-state index in [9.17, 15) is 14.0 Å². The maximum Gasteiger partial charge on any atom is 0.293 e. The zero-order valence-corrected chi connectivity index (χ0v) is 21.6. The number of nitrogens with zero attached hydrogens (tertiary/aromatic N) is 5. The van der Waals surface area contributed by atoms with Crippen LogP contribution in [0.2, 0.25) is 0 Å². The van der Waals surface area contributed by atoms with Gasteiger partial charge in [-0.25, -0.2) is 19.3 Å². The van der Waals surface area contributed by atoms with E-state index < -0.39 is 5.91 Å². The number of amides is 2. The quantitative estimate of drug-likeness (QED) is 0.400. The maximum absolute atomic E-state index is 13.5. The lowest BCUT2D eigenvalue weighted by Gasteiger charge is -2.26. The van der Waals surface area contributed by atoms with Crippen LogP contribution < -0.4 is 10.2 Å². The van der Waals surface area contributed by atoms with Crippen LogP contribution >= 0.6 is 0 Å². The fourth-order valence-electron chi connectivity index (χ4n) is 4.67. The normalized spacial score (nSPS) is 15.2. The van der Waals surface area contributed by atoms with Crippen LogP contribution in [0.15, 0.2) is 67.0 Å². The van der Waals surface area contributed by atoms with Crippen molar-refractivity contribution in [2.75, 3.05) is 30.4 Å². The zero-order valence-electron chi connectivity index (χ0n) is 21.6. The van der Waals surface area contributed by atoms with E-state index in [1.54, 1.807) is 18.2 Å². The molecule has 5 rings (SSSR count). The van der Waals surface area contributed by atoms with Crippen molar-refractivity contribution in [1.29, 1.82) is 0 Å². The molecule has 1 fully saturated rings. The topological polar surface area (TPSA) is 91.3 Å². The third kappa shape index (κ3) is 5.32. The van der Waals surface area contributed by atoms with Crippen LogP contribution in [-0.4, -0.2) is 57.8 Å². The summed E-state index contributed by atoms with van der Waals surface area (Å²) in [5, 5.41) is 3.71. The number of likely N-dealkylation sites (N-methyl/N-ethyl adjacent to an activating group) is 1. The number of rotatable bonds is 6. The first-order chi connectivity index (χ1) is 18.3. The Labute approximate surface area is 220 Å². The van der Waals surface area contributed by atoms with Crippen molar-refractivity contribution in [2.45, 2.75) is 26.3 Å². The first-order valence-electron chi connectivity index (χ1n) is 12.6. The monoisotopic (exact) mass is 512 g/mol. The Balaban J connectivity index is 1.25. The Hall–Kier alpha value is -4.40. The Morgan fingerprint density at radius 1 is 1.05 bits per heavy atom. The first kappa shape index (κ1) is 25.3. The lowest BCUT2D eigenvalue weighted by Crippen LogP contribution is -2.41. The molecule has 1 unspecified atom stereocenters. The lowest BCUT2D eigenvalue weighted by atomic mass is 10.1. The predicted molar refractivity (Wildman–Crippen MR) is 145 cm³/mol. The summed E-state index contributed by atoms with van der Waals surface area (Å²) in [6.07, 6.45) is 3.91. The predicted octanol–water partition coefficient (Wildman–Crippen LogP) is 4.78. The van der Waals surface area contributed by atoms with Crippen molar-refractivity contribution >= 4 is 34.2 Å². The highest BCUT2D eigenvalue weighted by Crippen LogP contribution is 2.26. The van der Waals surface area contributed by atoms with Gasteiger partial charge in [-0.15, -0.1) is 0 Å². The van der Waals surface area contributed by atoms with Gasteiger partial charge in [-0.2, -0.15) is 0 Å². The summed E-state index contributed by atoms with van der Waals surface area (Å²) in [6, 6.07) is 15.8. The van der Waals surface area contributed by atoms with E-state index in [0.29, 0.717) is 16.8 Å². The van der Waals surface area contributed by atoms with Crippen molar-refractivity contribution in [1.82, 2.24) is 19.9 Å². The van der Waals surface area contributed by atoms with Gasteiger partial charge in [0.2, 0.25) is 11.7 Å². The number of pyridine rings is 1. The van der Waals surface area contributed by atoms with E-state index in [1.807, 2.05) is 50.1 Å². The minimum Gasteiger partial charge on any atom is -0.354 e. The van der Waals surface area contributed by atoms with Gasteiger partial charge in [0, 0.05) is 55.1 Å². The molecule has 2 amide bonds. The van der Waals surface area contributed by atoms with Crippen LogP contribution in [-0.2, 0) is 4.79 Å². The van der Waals surface area contributed by atoms with Crippen molar-refractivity contribution in [3.63, 3.8) is 0 Å². The molecular formula is C29H29FN6O2. The van der Waals surface area contributed by atoms with Crippen LogP contribution in [0.4, 0.5) is 15.9 Å². The zero-order chi connectivity index (χ0) is 26.8. The Morgan fingerprint density at radius 2 is 1.84 bits per heavy atom. The molecule has 38 heavy (non-hydrogen) atoms. The number of hydrogen-bond donors (Lipinski definition) is 1. The number of nitrogens with one attached hydrogen (secondary N) is 1. The van der Waals surface area contributed by atoms with Crippen LogP contribution in [0.3, 0.4) is 0 Å². The van der Waals surface area contributed by atoms with Gasteiger partial charge in [0.25, 0.3) is 5.91 Å². The highest BCUT2D eigenvalue weighted by molar-refractivity contribution is 6.02. The Morgan fingerprint density at radius 3 is 2.58 bits per heavy atom. The third-order valence-corrected chi connectivity index (χ3v) is 6.82. The number of carbonyl (C=O) groups excluding carboxylic acids is 2. The highest BCUT2D eigenvalue weighted by atomic mass is 19.1. The van der Waals surface area contributed by atoms with Gasteiger partial charge in [-0.3, -0.25) is 9.59 Å². The molecule has 0 radical (unpaired) electrons. The summed E-state index contributed by atoms with van der Waals surface area (Å²) in [6.45, 7) is 5.43. The van der Waals surface area contributed by atoms with Gasteiger partial charge in [0.05, 0.1) is 11.6 Å². The van der Waals surface area contributed by atoms with E-state index in [0.717, 1.165) is 36.2 Å². The van der Waals surface area contributed by atoms with Crippen LogP contribution in [0.5, 0.6) is 0 Å². The van der Waals surface area contributed by atoms with Gasteiger partial charge in [0.15, 0.2) is 0 Å². The second kappa shape index (κ2) is 10.5. The van der Waals surface area contributed by atoms with Crippen molar-refractivity contribution < 1.29 is 14.0 Å². The average Bonchev–Trinajstić information content (AvgIpc) is 3.42. The molecule has 9 heteroatoms. The van der Waals surface area contributed by atoms with Crippen molar-refractivity contribution in [2.24, 2.45) is 5.92 Å². The number of benzene rings is 2. The maximum atomic E-state index is 13.5. The van der Waals surface area contributed by atoms with E-state index in [-0.39, 0.29) is 29.5 Å². The molecule has 1 aliphatic rings. The molecule has 0 saturated carbocycles. The first-order valence-corrected chi connectivity index (χ1v) is 12.6. The second-order valence-electron chi connectivity index (χ2n) is 9.83. The molecule has 0 bridgehead atoms. The van der Waals surface area contributed by atoms with Crippen molar-refractivity contribution in [3.8, 4) is 11.1 Å². The standard InChI is InChI=1S/C29H29FN6O2/c1-18(2)29(38)35(3)24-11-12-36(17-24)26-10-7-20-14-23(8-9-25(20)34-26)33-28(37)27-31-15-21(16-32-27)19-5-4-6-22(30)13-19/h4-10,13-16,18,24H,11-12,17H2,1-3H3,(H,33,37). The van der Waals surface area contributed by atoms with Gasteiger partial charge in [-0.05, 0) is 54.4 Å². The van der Waals surface area contributed by atoms with Crippen molar-refractivity contribution in [3.05, 3.63) is 78.6 Å². The van der Waals surface area contributed by atoms with Crippen LogP contribution in [0.1, 0.15) is 30.9 Å². The summed E-state index contributed by atoms with van der Waals surface area (Å²) in [7, 11) is 1.88.